The normalized spacial score (nSPS) is 33.6. The van der Waals surface area contributed by atoms with Crippen molar-refractivity contribution in [2.24, 2.45) is 5.92 Å². The molecule has 0 aliphatic carbocycles. The maximum absolute atomic E-state index is 11.7. The molecule has 0 spiro atoms. The van der Waals surface area contributed by atoms with Crippen molar-refractivity contribution in [1.29, 1.82) is 0 Å². The number of hydrogen-bond donors (Lipinski definition) is 0. The zero-order valence-electron chi connectivity index (χ0n) is 8.13. The zero-order valence-corrected chi connectivity index (χ0v) is 8.13. The molecule has 1 aliphatic rings. The first-order valence-corrected chi connectivity index (χ1v) is 4.25. The lowest BCUT2D eigenvalue weighted by molar-refractivity contribution is -0.247. The summed E-state index contributed by atoms with van der Waals surface area (Å²) < 4.78 is 0. The van der Waals surface area contributed by atoms with Gasteiger partial charge >= 0.3 is 0 Å². The molecular formula is C9H16NO2. The van der Waals surface area contributed by atoms with Gasteiger partial charge in [-0.3, -0.25) is 0 Å². The number of rotatable bonds is 1. The lowest BCUT2D eigenvalue weighted by Crippen LogP contribution is -2.46. The number of nitrogens with zero attached hydrogens (tertiary/aromatic N) is 1. The molecule has 0 bridgehead atoms. The topological polar surface area (TPSA) is 40.2 Å². The largest absolute Gasteiger partial charge is 0.303 e. The third-order valence-electron chi connectivity index (χ3n) is 2.86. The number of carbonyl (C=O) groups excluding carboxylic acids is 1. The SMILES string of the molecule is CC1(C)CC(C=O)C(C)(C)N1[O]. The number of carbonyl (C=O) groups is 1. The first-order valence-electron chi connectivity index (χ1n) is 4.25. The summed E-state index contributed by atoms with van der Waals surface area (Å²) in [5.41, 5.74) is -0.930. The van der Waals surface area contributed by atoms with Gasteiger partial charge in [-0.05, 0) is 34.1 Å². The van der Waals surface area contributed by atoms with Gasteiger partial charge in [-0.15, -0.1) is 10.3 Å². The highest BCUT2D eigenvalue weighted by Gasteiger charge is 2.52. The molecule has 1 atom stereocenters. The van der Waals surface area contributed by atoms with Crippen LogP contribution in [0.1, 0.15) is 34.1 Å². The van der Waals surface area contributed by atoms with Crippen LogP contribution in [0.3, 0.4) is 0 Å². The maximum Gasteiger partial charge on any atom is 0.125 e. The summed E-state index contributed by atoms with van der Waals surface area (Å²) >= 11 is 0. The van der Waals surface area contributed by atoms with E-state index in [-0.39, 0.29) is 5.92 Å². The molecule has 0 amide bonds. The second-order valence-corrected chi connectivity index (χ2v) is 4.71. The molecule has 1 fully saturated rings. The molecule has 0 aromatic carbocycles. The first-order chi connectivity index (χ1) is 5.32. The minimum absolute atomic E-state index is 0.134. The Morgan fingerprint density at radius 2 is 1.83 bits per heavy atom. The fraction of sp³-hybridized carbons (Fsp3) is 0.889. The Bertz CT molecular complexity index is 199. The number of aldehydes is 1. The minimum Gasteiger partial charge on any atom is -0.303 e. The minimum atomic E-state index is -0.536. The second kappa shape index (κ2) is 2.54. The monoisotopic (exact) mass is 170 g/mol. The Labute approximate surface area is 73.3 Å². The molecule has 3 nitrogen and oxygen atoms in total. The molecule has 69 valence electrons. The molecule has 3 heteroatoms. The van der Waals surface area contributed by atoms with Gasteiger partial charge in [0, 0.05) is 11.5 Å². The maximum atomic E-state index is 11.7. The van der Waals surface area contributed by atoms with Crippen LogP contribution < -0.4 is 0 Å². The highest BCUT2D eigenvalue weighted by Crippen LogP contribution is 2.42. The Morgan fingerprint density at radius 1 is 1.33 bits per heavy atom. The van der Waals surface area contributed by atoms with E-state index in [2.05, 4.69) is 0 Å². The number of hydroxylamine groups is 2. The van der Waals surface area contributed by atoms with Gasteiger partial charge in [0.15, 0.2) is 0 Å². The van der Waals surface area contributed by atoms with Crippen molar-refractivity contribution in [2.75, 3.05) is 0 Å². The molecule has 0 saturated carbocycles. The van der Waals surface area contributed by atoms with E-state index in [1.54, 1.807) is 0 Å². The van der Waals surface area contributed by atoms with Gasteiger partial charge in [0.1, 0.15) is 6.29 Å². The van der Waals surface area contributed by atoms with Gasteiger partial charge in [-0.2, -0.15) is 0 Å². The molecule has 0 aromatic rings. The molecule has 1 saturated heterocycles. The molecule has 1 heterocycles. The van der Waals surface area contributed by atoms with E-state index in [9.17, 15) is 10.0 Å². The van der Waals surface area contributed by atoms with Crippen LogP contribution in [0.2, 0.25) is 0 Å². The molecule has 0 N–H and O–H groups in total. The molecule has 1 rings (SSSR count). The van der Waals surface area contributed by atoms with Gasteiger partial charge in [0.2, 0.25) is 0 Å². The lowest BCUT2D eigenvalue weighted by Gasteiger charge is -2.32. The van der Waals surface area contributed by atoms with Crippen LogP contribution in [0.4, 0.5) is 0 Å². The summed E-state index contributed by atoms with van der Waals surface area (Å²) in [5.74, 6) is -0.134. The second-order valence-electron chi connectivity index (χ2n) is 4.71. The van der Waals surface area contributed by atoms with Crippen molar-refractivity contribution in [3.05, 3.63) is 0 Å². The lowest BCUT2D eigenvalue weighted by atomic mass is 9.88. The summed E-state index contributed by atoms with van der Waals surface area (Å²) in [5, 5.41) is 12.7. The molecule has 1 aliphatic heterocycles. The van der Waals surface area contributed by atoms with Gasteiger partial charge in [-0.25, -0.2) is 0 Å². The van der Waals surface area contributed by atoms with E-state index >= 15 is 0 Å². The summed E-state index contributed by atoms with van der Waals surface area (Å²) in [6.45, 7) is 7.41. The summed E-state index contributed by atoms with van der Waals surface area (Å²) in [6.07, 6.45) is 1.56. The highest BCUT2D eigenvalue weighted by molar-refractivity contribution is 5.57. The first kappa shape index (κ1) is 9.68. The van der Waals surface area contributed by atoms with E-state index in [1.807, 2.05) is 27.7 Å². The van der Waals surface area contributed by atoms with E-state index in [0.29, 0.717) is 6.42 Å². The van der Waals surface area contributed by atoms with E-state index in [1.165, 1.54) is 0 Å². The Morgan fingerprint density at radius 3 is 2.00 bits per heavy atom. The molecule has 0 aromatic heterocycles. The van der Waals surface area contributed by atoms with Crippen molar-refractivity contribution in [1.82, 2.24) is 5.06 Å². The summed E-state index contributed by atoms with van der Waals surface area (Å²) in [7, 11) is 0. The quantitative estimate of drug-likeness (QED) is 0.558. The Hall–Kier alpha value is -0.410. The van der Waals surface area contributed by atoms with E-state index in [4.69, 9.17) is 0 Å². The fourth-order valence-corrected chi connectivity index (χ4v) is 2.02. The number of hydrogen-bond acceptors (Lipinski definition) is 2. The van der Waals surface area contributed by atoms with Crippen LogP contribution in [-0.4, -0.2) is 22.4 Å². The molecular weight excluding hydrogens is 154 g/mol. The summed E-state index contributed by atoms with van der Waals surface area (Å²) in [6, 6.07) is 0. The van der Waals surface area contributed by atoms with E-state index < -0.39 is 11.1 Å². The predicted octanol–water partition coefficient (Wildman–Crippen LogP) is 1.41. The molecule has 12 heavy (non-hydrogen) atoms. The zero-order chi connectivity index (χ0) is 9.57. The van der Waals surface area contributed by atoms with Crippen LogP contribution >= 0.6 is 0 Å². The van der Waals surface area contributed by atoms with Crippen LogP contribution in [0, 0.1) is 5.92 Å². The van der Waals surface area contributed by atoms with Crippen LogP contribution in [0.25, 0.3) is 0 Å². The van der Waals surface area contributed by atoms with Crippen molar-refractivity contribution in [3.8, 4) is 0 Å². The third-order valence-corrected chi connectivity index (χ3v) is 2.86. The van der Waals surface area contributed by atoms with Crippen LogP contribution in [0.5, 0.6) is 0 Å². The Balaban J connectivity index is 2.95. The van der Waals surface area contributed by atoms with E-state index in [0.717, 1.165) is 11.3 Å². The fourth-order valence-electron chi connectivity index (χ4n) is 2.02. The standard InChI is InChI=1S/C9H16NO2/c1-8(2)5-7(6-11)9(3,4)10(8)12/h6-7H,5H2,1-4H3. The van der Waals surface area contributed by atoms with Gasteiger partial charge in [0.05, 0.1) is 5.54 Å². The predicted molar refractivity (Wildman–Crippen MR) is 44.9 cm³/mol. The van der Waals surface area contributed by atoms with Gasteiger partial charge in [-0.1, -0.05) is 0 Å². The average molecular weight is 170 g/mol. The van der Waals surface area contributed by atoms with Crippen molar-refractivity contribution in [2.45, 2.75) is 45.2 Å². The molecule has 1 unspecified atom stereocenters. The Kier molecular flexibility index (Phi) is 2.05. The summed E-state index contributed by atoms with van der Waals surface area (Å²) in [4.78, 5) is 10.7. The van der Waals surface area contributed by atoms with Gasteiger partial charge in [0.25, 0.3) is 0 Å². The van der Waals surface area contributed by atoms with Crippen molar-refractivity contribution in [3.63, 3.8) is 0 Å². The van der Waals surface area contributed by atoms with Crippen LogP contribution in [0.15, 0.2) is 0 Å². The average Bonchev–Trinajstić information content (AvgIpc) is 2.11. The third kappa shape index (κ3) is 1.17. The van der Waals surface area contributed by atoms with Crippen LogP contribution in [-0.2, 0) is 10.0 Å². The van der Waals surface area contributed by atoms with Crippen molar-refractivity contribution >= 4 is 6.29 Å². The van der Waals surface area contributed by atoms with Gasteiger partial charge < -0.3 is 4.79 Å². The highest BCUT2D eigenvalue weighted by atomic mass is 16.5. The van der Waals surface area contributed by atoms with Crippen molar-refractivity contribution < 1.29 is 10.0 Å². The smallest absolute Gasteiger partial charge is 0.125 e. The molecule has 1 radical (unpaired) electrons.